The van der Waals surface area contributed by atoms with Crippen molar-refractivity contribution in [2.75, 3.05) is 39.4 Å². The van der Waals surface area contributed by atoms with Crippen LogP contribution >= 0.6 is 0 Å². The van der Waals surface area contributed by atoms with Crippen LogP contribution in [0.5, 0.6) is 0 Å². The summed E-state index contributed by atoms with van der Waals surface area (Å²) in [6.45, 7) is 4.09. The Bertz CT molecular complexity index is 1060. The predicted molar refractivity (Wildman–Crippen MR) is 107 cm³/mol. The van der Waals surface area contributed by atoms with E-state index in [1.54, 1.807) is 24.3 Å². The Morgan fingerprint density at radius 3 is 2.28 bits per heavy atom. The number of hydrogen-bond donors (Lipinski definition) is 1. The van der Waals surface area contributed by atoms with Crippen LogP contribution in [0, 0.1) is 0 Å². The molecule has 0 radical (unpaired) electrons. The molecule has 8 heteroatoms. The molecular formula is C21H22N2O5S. The second-order valence-electron chi connectivity index (χ2n) is 7.09. The maximum atomic E-state index is 13.0. The Balaban J connectivity index is 1.54. The highest BCUT2D eigenvalue weighted by atomic mass is 32.2. The lowest BCUT2D eigenvalue weighted by Crippen LogP contribution is -2.38. The summed E-state index contributed by atoms with van der Waals surface area (Å²) < 4.78 is 33.7. The van der Waals surface area contributed by atoms with Gasteiger partial charge in [0.15, 0.2) is 11.6 Å². The molecule has 2 aromatic carbocycles. The molecule has 0 amide bonds. The first-order valence-electron chi connectivity index (χ1n) is 9.60. The summed E-state index contributed by atoms with van der Waals surface area (Å²) in [6.07, 6.45) is 0.643. The minimum Gasteiger partial charge on any atom is -0.379 e. The van der Waals surface area contributed by atoms with Gasteiger partial charge in [0.25, 0.3) is 0 Å². The van der Waals surface area contributed by atoms with E-state index in [0.717, 1.165) is 19.6 Å². The molecule has 1 aliphatic carbocycles. The highest BCUT2D eigenvalue weighted by Crippen LogP contribution is 2.31. The van der Waals surface area contributed by atoms with Gasteiger partial charge in [-0.25, -0.2) is 13.1 Å². The SMILES string of the molecule is O=C1c2ccccc2C(=O)c2c1cccc2S(=O)(=O)NCCCN1CCOCC1. The number of carbonyl (C=O) groups excluding carboxylic acids is 2. The van der Waals surface area contributed by atoms with Crippen molar-refractivity contribution in [3.05, 3.63) is 64.7 Å². The molecular weight excluding hydrogens is 392 g/mol. The highest BCUT2D eigenvalue weighted by molar-refractivity contribution is 7.89. The normalized spacial score (nSPS) is 17.1. The zero-order chi connectivity index (χ0) is 20.4. The van der Waals surface area contributed by atoms with Gasteiger partial charge < -0.3 is 4.74 Å². The zero-order valence-electron chi connectivity index (χ0n) is 15.9. The van der Waals surface area contributed by atoms with Crippen LogP contribution in [-0.4, -0.2) is 64.3 Å². The number of rotatable bonds is 6. The number of benzene rings is 2. The molecule has 1 fully saturated rings. The molecule has 1 saturated heterocycles. The van der Waals surface area contributed by atoms with Crippen LogP contribution < -0.4 is 4.72 Å². The van der Waals surface area contributed by atoms with E-state index in [-0.39, 0.29) is 33.9 Å². The smallest absolute Gasteiger partial charge is 0.241 e. The van der Waals surface area contributed by atoms with Crippen LogP contribution in [0.4, 0.5) is 0 Å². The number of nitrogens with one attached hydrogen (secondary N) is 1. The lowest BCUT2D eigenvalue weighted by atomic mass is 9.84. The van der Waals surface area contributed by atoms with Crippen molar-refractivity contribution in [1.29, 1.82) is 0 Å². The first kappa shape index (κ1) is 19.9. The first-order valence-corrected chi connectivity index (χ1v) is 11.1. The van der Waals surface area contributed by atoms with Crippen LogP contribution in [0.25, 0.3) is 0 Å². The molecule has 0 atom stereocenters. The van der Waals surface area contributed by atoms with E-state index < -0.39 is 15.8 Å². The van der Waals surface area contributed by atoms with Gasteiger partial charge in [-0.1, -0.05) is 36.4 Å². The van der Waals surface area contributed by atoms with Gasteiger partial charge in [-0.15, -0.1) is 0 Å². The molecule has 1 heterocycles. The Morgan fingerprint density at radius 2 is 1.55 bits per heavy atom. The summed E-state index contributed by atoms with van der Waals surface area (Å²) in [5.74, 6) is -0.774. The predicted octanol–water partition coefficient (Wildman–Crippen LogP) is 1.46. The zero-order valence-corrected chi connectivity index (χ0v) is 16.7. The van der Waals surface area contributed by atoms with Crippen LogP contribution in [0.2, 0.25) is 0 Å². The molecule has 4 rings (SSSR count). The molecule has 0 spiro atoms. The largest absolute Gasteiger partial charge is 0.379 e. The van der Waals surface area contributed by atoms with Crippen molar-refractivity contribution in [1.82, 2.24) is 9.62 Å². The third kappa shape index (κ3) is 3.89. The van der Waals surface area contributed by atoms with E-state index in [2.05, 4.69) is 9.62 Å². The van der Waals surface area contributed by atoms with E-state index >= 15 is 0 Å². The van der Waals surface area contributed by atoms with Crippen LogP contribution in [0.1, 0.15) is 38.3 Å². The molecule has 29 heavy (non-hydrogen) atoms. The number of morpholine rings is 1. The van der Waals surface area contributed by atoms with E-state index in [1.165, 1.54) is 18.2 Å². The molecule has 2 aromatic rings. The van der Waals surface area contributed by atoms with Gasteiger partial charge in [0.2, 0.25) is 10.0 Å². The number of carbonyl (C=O) groups is 2. The van der Waals surface area contributed by atoms with E-state index in [1.807, 2.05) is 0 Å². The van der Waals surface area contributed by atoms with Crippen molar-refractivity contribution >= 4 is 21.6 Å². The van der Waals surface area contributed by atoms with E-state index in [9.17, 15) is 18.0 Å². The lowest BCUT2D eigenvalue weighted by molar-refractivity contribution is 0.0376. The van der Waals surface area contributed by atoms with Gasteiger partial charge in [-0.05, 0) is 19.0 Å². The number of nitrogens with zero attached hydrogens (tertiary/aromatic N) is 1. The maximum Gasteiger partial charge on any atom is 0.241 e. The lowest BCUT2D eigenvalue weighted by Gasteiger charge is -2.26. The second-order valence-corrected chi connectivity index (χ2v) is 8.82. The first-order chi connectivity index (χ1) is 14.0. The molecule has 0 saturated carbocycles. The monoisotopic (exact) mass is 414 g/mol. The van der Waals surface area contributed by atoms with Gasteiger partial charge >= 0.3 is 0 Å². The standard InChI is InChI=1S/C21H22N2O5S/c24-20-15-5-1-2-6-16(15)21(25)19-17(20)7-3-8-18(19)29(26,27)22-9-4-10-23-11-13-28-14-12-23/h1-3,5-8,22H,4,9-14H2. The minimum atomic E-state index is -3.93. The Hall–Kier alpha value is -2.39. The van der Waals surface area contributed by atoms with Crippen molar-refractivity contribution < 1.29 is 22.7 Å². The van der Waals surface area contributed by atoms with E-state index in [4.69, 9.17) is 4.74 Å². The van der Waals surface area contributed by atoms with Gasteiger partial charge in [-0.3, -0.25) is 14.5 Å². The van der Waals surface area contributed by atoms with Crippen molar-refractivity contribution in [3.8, 4) is 0 Å². The molecule has 0 bridgehead atoms. The molecule has 0 aromatic heterocycles. The average Bonchev–Trinajstić information content (AvgIpc) is 2.75. The molecule has 1 aliphatic heterocycles. The fraction of sp³-hybridized carbons (Fsp3) is 0.333. The Morgan fingerprint density at radius 1 is 0.897 bits per heavy atom. The quantitative estimate of drug-likeness (QED) is 0.614. The third-order valence-corrected chi connectivity index (χ3v) is 6.75. The van der Waals surface area contributed by atoms with Gasteiger partial charge in [-0.2, -0.15) is 0 Å². The van der Waals surface area contributed by atoms with Gasteiger partial charge in [0.1, 0.15) is 0 Å². The Kier molecular flexibility index (Phi) is 5.60. The summed E-state index contributed by atoms with van der Waals surface area (Å²) in [7, 11) is -3.93. The average molecular weight is 414 g/mol. The number of ether oxygens (including phenoxy) is 1. The number of fused-ring (bicyclic) bond motifs is 2. The summed E-state index contributed by atoms with van der Waals surface area (Å²) >= 11 is 0. The fourth-order valence-corrected chi connectivity index (χ4v) is 5.05. The summed E-state index contributed by atoms with van der Waals surface area (Å²) in [4.78, 5) is 27.9. The Labute approximate surface area is 169 Å². The van der Waals surface area contributed by atoms with Crippen LogP contribution in [0.15, 0.2) is 47.4 Å². The highest BCUT2D eigenvalue weighted by Gasteiger charge is 2.34. The van der Waals surface area contributed by atoms with Gasteiger partial charge in [0.05, 0.1) is 23.7 Å². The molecule has 2 aliphatic rings. The minimum absolute atomic E-state index is 0.0446. The fourth-order valence-electron chi connectivity index (χ4n) is 3.75. The van der Waals surface area contributed by atoms with Crippen molar-refractivity contribution in [3.63, 3.8) is 0 Å². The topological polar surface area (TPSA) is 92.8 Å². The van der Waals surface area contributed by atoms with Gasteiger partial charge in [0, 0.05) is 36.3 Å². The number of sulfonamides is 1. The molecule has 0 unspecified atom stereocenters. The van der Waals surface area contributed by atoms with Crippen LogP contribution in [-0.2, 0) is 14.8 Å². The summed E-state index contributed by atoms with van der Waals surface area (Å²) in [5.41, 5.74) is 0.625. The summed E-state index contributed by atoms with van der Waals surface area (Å²) in [6, 6.07) is 10.9. The summed E-state index contributed by atoms with van der Waals surface area (Å²) in [5, 5.41) is 0. The second kappa shape index (κ2) is 8.16. The molecule has 1 N–H and O–H groups in total. The molecule has 7 nitrogen and oxygen atoms in total. The van der Waals surface area contributed by atoms with Crippen LogP contribution in [0.3, 0.4) is 0 Å². The number of ketones is 2. The third-order valence-electron chi connectivity index (χ3n) is 5.25. The van der Waals surface area contributed by atoms with Crippen molar-refractivity contribution in [2.24, 2.45) is 0 Å². The maximum absolute atomic E-state index is 13.0. The van der Waals surface area contributed by atoms with E-state index in [0.29, 0.717) is 25.2 Å². The molecule has 152 valence electrons. The van der Waals surface area contributed by atoms with Crippen molar-refractivity contribution in [2.45, 2.75) is 11.3 Å². The number of hydrogen-bond acceptors (Lipinski definition) is 6.